The van der Waals surface area contributed by atoms with Gasteiger partial charge in [-0.1, -0.05) is 0 Å². The average Bonchev–Trinajstić information content (AvgIpc) is 2.88. The third kappa shape index (κ3) is 1.50. The van der Waals surface area contributed by atoms with Crippen LogP contribution in [0.25, 0.3) is 11.0 Å². The number of fused-ring (bicyclic) bond motifs is 1. The summed E-state index contributed by atoms with van der Waals surface area (Å²) in [6, 6.07) is 1.98. The molecule has 18 heavy (non-hydrogen) atoms. The fourth-order valence-corrected chi connectivity index (χ4v) is 3.03. The van der Waals surface area contributed by atoms with Gasteiger partial charge >= 0.3 is 0 Å². The van der Waals surface area contributed by atoms with Gasteiger partial charge in [0.2, 0.25) is 0 Å². The Bertz CT molecular complexity index is 662. The molecular weight excluding hydrogens is 228 g/mol. The molecule has 5 heteroatoms. The summed E-state index contributed by atoms with van der Waals surface area (Å²) in [6.07, 6.45) is 1.00. The molecule has 0 aromatic carbocycles. The third-order valence-corrected chi connectivity index (χ3v) is 3.79. The monoisotopic (exact) mass is 246 g/mol. The maximum atomic E-state index is 12.3. The zero-order chi connectivity index (χ0) is 12.9. The van der Waals surface area contributed by atoms with Gasteiger partial charge in [0.15, 0.2) is 0 Å². The summed E-state index contributed by atoms with van der Waals surface area (Å²) in [5, 5.41) is 8.89. The highest BCUT2D eigenvalue weighted by Gasteiger charge is 2.22. The molecule has 96 valence electrons. The lowest BCUT2D eigenvalue weighted by Crippen LogP contribution is -2.27. The van der Waals surface area contributed by atoms with E-state index < -0.39 is 0 Å². The number of aromatic nitrogens is 3. The highest BCUT2D eigenvalue weighted by Crippen LogP contribution is 2.24. The molecule has 0 aliphatic carbocycles. The Labute approximate surface area is 105 Å². The van der Waals surface area contributed by atoms with Crippen molar-refractivity contribution in [1.82, 2.24) is 19.7 Å². The highest BCUT2D eigenvalue weighted by atomic mass is 16.1. The standard InChI is InChI=1S/C13H18N4O/c1-8-6-11(18)17(10-4-5-14-7-10)13-12(8)9(2)15-16(13)3/h6,10,14H,4-5,7H2,1-3H3. The molecule has 0 radical (unpaired) electrons. The van der Waals surface area contributed by atoms with Crippen molar-refractivity contribution < 1.29 is 0 Å². The van der Waals surface area contributed by atoms with Gasteiger partial charge in [0.25, 0.3) is 5.56 Å². The summed E-state index contributed by atoms with van der Waals surface area (Å²) in [4.78, 5) is 12.3. The van der Waals surface area contributed by atoms with Crippen LogP contribution in [-0.2, 0) is 7.05 Å². The second kappa shape index (κ2) is 3.95. The SMILES string of the molecule is Cc1cc(=O)n(C2CCNC2)c2c1c(C)nn2C. The van der Waals surface area contributed by atoms with E-state index in [1.54, 1.807) is 6.07 Å². The van der Waals surface area contributed by atoms with Crippen LogP contribution in [0.5, 0.6) is 0 Å². The molecule has 1 saturated heterocycles. The zero-order valence-corrected chi connectivity index (χ0v) is 11.0. The quantitative estimate of drug-likeness (QED) is 0.813. The van der Waals surface area contributed by atoms with Crippen molar-refractivity contribution in [2.75, 3.05) is 13.1 Å². The van der Waals surface area contributed by atoms with Crippen molar-refractivity contribution in [3.8, 4) is 0 Å². The largest absolute Gasteiger partial charge is 0.315 e. The number of nitrogens with zero attached hydrogens (tertiary/aromatic N) is 3. The Morgan fingerprint density at radius 3 is 2.89 bits per heavy atom. The summed E-state index contributed by atoms with van der Waals surface area (Å²) in [6.45, 7) is 5.82. The van der Waals surface area contributed by atoms with Gasteiger partial charge in [-0.15, -0.1) is 0 Å². The maximum absolute atomic E-state index is 12.3. The number of aryl methyl sites for hydroxylation is 3. The van der Waals surface area contributed by atoms with Crippen LogP contribution >= 0.6 is 0 Å². The smallest absolute Gasteiger partial charge is 0.252 e. The van der Waals surface area contributed by atoms with Gasteiger partial charge < -0.3 is 5.32 Å². The predicted octanol–water partition coefficient (Wildman–Crippen LogP) is 0.886. The minimum atomic E-state index is 0.0803. The molecule has 2 aromatic rings. The lowest BCUT2D eigenvalue weighted by molar-refractivity contribution is 0.533. The summed E-state index contributed by atoms with van der Waals surface area (Å²) in [5.74, 6) is 0. The molecule has 1 aliphatic rings. The first-order valence-electron chi connectivity index (χ1n) is 6.35. The van der Waals surface area contributed by atoms with Crippen LogP contribution in [0.4, 0.5) is 0 Å². The van der Waals surface area contributed by atoms with Crippen molar-refractivity contribution in [3.05, 3.63) is 27.7 Å². The predicted molar refractivity (Wildman–Crippen MR) is 71.0 cm³/mol. The van der Waals surface area contributed by atoms with Crippen molar-refractivity contribution in [3.63, 3.8) is 0 Å². The number of hydrogen-bond donors (Lipinski definition) is 1. The van der Waals surface area contributed by atoms with Gasteiger partial charge in [0.05, 0.1) is 11.7 Å². The van der Waals surface area contributed by atoms with E-state index in [-0.39, 0.29) is 11.6 Å². The summed E-state index contributed by atoms with van der Waals surface area (Å²) < 4.78 is 3.74. The molecule has 3 heterocycles. The first-order chi connectivity index (χ1) is 8.59. The molecular formula is C13H18N4O. The highest BCUT2D eigenvalue weighted by molar-refractivity contribution is 5.82. The second-order valence-corrected chi connectivity index (χ2v) is 5.09. The topological polar surface area (TPSA) is 51.9 Å². The maximum Gasteiger partial charge on any atom is 0.252 e. The Balaban J connectivity index is 2.39. The van der Waals surface area contributed by atoms with E-state index in [2.05, 4.69) is 10.4 Å². The van der Waals surface area contributed by atoms with E-state index in [4.69, 9.17) is 0 Å². The van der Waals surface area contributed by atoms with Gasteiger partial charge in [-0.25, -0.2) is 0 Å². The van der Waals surface area contributed by atoms with Crippen molar-refractivity contribution >= 4 is 11.0 Å². The van der Waals surface area contributed by atoms with Gasteiger partial charge in [-0.2, -0.15) is 5.10 Å². The first-order valence-corrected chi connectivity index (χ1v) is 6.35. The Hall–Kier alpha value is -1.62. The first kappa shape index (κ1) is 11.5. The van der Waals surface area contributed by atoms with Crippen LogP contribution in [0.3, 0.4) is 0 Å². The van der Waals surface area contributed by atoms with E-state index in [1.165, 1.54) is 0 Å². The molecule has 1 aliphatic heterocycles. The lowest BCUT2D eigenvalue weighted by atomic mass is 10.1. The van der Waals surface area contributed by atoms with E-state index in [9.17, 15) is 4.79 Å². The summed E-state index contributed by atoms with van der Waals surface area (Å²) in [5.41, 5.74) is 3.04. The number of rotatable bonds is 1. The molecule has 5 nitrogen and oxygen atoms in total. The van der Waals surface area contributed by atoms with Crippen LogP contribution < -0.4 is 10.9 Å². The summed E-state index contributed by atoms with van der Waals surface area (Å²) >= 11 is 0. The molecule has 0 amide bonds. The van der Waals surface area contributed by atoms with Crippen molar-refractivity contribution in [2.24, 2.45) is 7.05 Å². The molecule has 1 atom stereocenters. The Kier molecular flexibility index (Phi) is 2.52. The normalized spacial score (nSPS) is 19.8. The Morgan fingerprint density at radius 2 is 2.22 bits per heavy atom. The number of nitrogens with one attached hydrogen (secondary N) is 1. The molecule has 0 bridgehead atoms. The average molecular weight is 246 g/mol. The van der Waals surface area contributed by atoms with E-state index >= 15 is 0 Å². The molecule has 1 N–H and O–H groups in total. The minimum absolute atomic E-state index is 0.0803. The second-order valence-electron chi connectivity index (χ2n) is 5.09. The fourth-order valence-electron chi connectivity index (χ4n) is 3.03. The molecule has 0 saturated carbocycles. The van der Waals surface area contributed by atoms with Gasteiger partial charge in [-0.3, -0.25) is 14.0 Å². The lowest BCUT2D eigenvalue weighted by Gasteiger charge is -2.16. The number of pyridine rings is 1. The molecule has 2 aromatic heterocycles. The molecule has 3 rings (SSSR count). The van der Waals surface area contributed by atoms with Gasteiger partial charge in [0.1, 0.15) is 5.65 Å². The zero-order valence-electron chi connectivity index (χ0n) is 11.0. The van der Waals surface area contributed by atoms with E-state index in [1.807, 2.05) is 30.1 Å². The van der Waals surface area contributed by atoms with Crippen LogP contribution in [0, 0.1) is 13.8 Å². The molecule has 0 spiro atoms. The van der Waals surface area contributed by atoms with Crippen LogP contribution in [0.2, 0.25) is 0 Å². The van der Waals surface area contributed by atoms with Gasteiger partial charge in [-0.05, 0) is 32.4 Å². The van der Waals surface area contributed by atoms with Crippen LogP contribution in [0.15, 0.2) is 10.9 Å². The van der Waals surface area contributed by atoms with E-state index in [0.29, 0.717) is 0 Å². The van der Waals surface area contributed by atoms with Crippen LogP contribution in [-0.4, -0.2) is 27.4 Å². The third-order valence-electron chi connectivity index (χ3n) is 3.79. The fraction of sp³-hybridized carbons (Fsp3) is 0.538. The van der Waals surface area contributed by atoms with Crippen LogP contribution in [0.1, 0.15) is 23.7 Å². The molecule has 1 unspecified atom stereocenters. The van der Waals surface area contributed by atoms with Gasteiger partial charge in [0, 0.05) is 25.0 Å². The number of hydrogen-bond acceptors (Lipinski definition) is 3. The molecule has 1 fully saturated rings. The van der Waals surface area contributed by atoms with Crippen molar-refractivity contribution in [1.29, 1.82) is 0 Å². The minimum Gasteiger partial charge on any atom is -0.315 e. The Morgan fingerprint density at radius 1 is 1.44 bits per heavy atom. The van der Waals surface area contributed by atoms with E-state index in [0.717, 1.165) is 41.8 Å². The summed E-state index contributed by atoms with van der Waals surface area (Å²) in [7, 11) is 1.91. The van der Waals surface area contributed by atoms with Crippen molar-refractivity contribution in [2.45, 2.75) is 26.3 Å².